The first kappa shape index (κ1) is 20.0. The largest absolute Gasteiger partial charge is 0.457 e. The molecule has 1 fully saturated rings. The summed E-state index contributed by atoms with van der Waals surface area (Å²) in [6.45, 7) is 8.21. The lowest BCUT2D eigenvalue weighted by Gasteiger charge is -2.30. The molecule has 0 saturated heterocycles. The van der Waals surface area contributed by atoms with E-state index in [1.165, 1.54) is 42.4 Å². The third kappa shape index (κ3) is 4.83. The van der Waals surface area contributed by atoms with Gasteiger partial charge in [0.1, 0.15) is 11.5 Å². The fraction of sp³-hybridized carbons (Fsp3) is 0.500. The molecular weight excluding hydrogens is 358 g/mol. The Kier molecular flexibility index (Phi) is 5.67. The van der Waals surface area contributed by atoms with Gasteiger partial charge in [-0.1, -0.05) is 51.8 Å². The second kappa shape index (κ2) is 8.22. The second-order valence-electron chi connectivity index (χ2n) is 9.73. The maximum absolute atomic E-state index is 12.7. The molecule has 29 heavy (non-hydrogen) atoms. The van der Waals surface area contributed by atoms with Crippen molar-refractivity contribution in [2.75, 3.05) is 6.54 Å². The number of hydrogen-bond donors (Lipinski definition) is 0. The molecule has 1 aliphatic heterocycles. The van der Waals surface area contributed by atoms with Crippen molar-refractivity contribution in [3.05, 3.63) is 59.2 Å². The van der Waals surface area contributed by atoms with Crippen LogP contribution in [-0.2, 0) is 23.2 Å². The zero-order chi connectivity index (χ0) is 20.4. The lowest BCUT2D eigenvalue weighted by atomic mass is 9.87. The van der Waals surface area contributed by atoms with Crippen LogP contribution >= 0.6 is 0 Å². The number of carbonyl (C=O) groups excluding carboxylic acids is 1. The van der Waals surface area contributed by atoms with Crippen LogP contribution in [0.1, 0.15) is 69.6 Å². The summed E-state index contributed by atoms with van der Waals surface area (Å²) in [5, 5.41) is 0. The zero-order valence-corrected chi connectivity index (χ0v) is 18.0. The number of amides is 1. The van der Waals surface area contributed by atoms with Crippen LogP contribution in [0.15, 0.2) is 42.5 Å². The predicted molar refractivity (Wildman–Crippen MR) is 117 cm³/mol. The van der Waals surface area contributed by atoms with Gasteiger partial charge in [-0.2, -0.15) is 0 Å². The molecule has 0 atom stereocenters. The van der Waals surface area contributed by atoms with E-state index in [1.807, 2.05) is 23.1 Å². The molecule has 3 nitrogen and oxygen atoms in total. The Hall–Kier alpha value is -2.29. The minimum Gasteiger partial charge on any atom is -0.457 e. The Morgan fingerprint density at radius 3 is 2.38 bits per heavy atom. The zero-order valence-electron chi connectivity index (χ0n) is 18.0. The maximum atomic E-state index is 12.7. The smallest absolute Gasteiger partial charge is 0.223 e. The first-order valence-corrected chi connectivity index (χ1v) is 11.1. The van der Waals surface area contributed by atoms with Crippen molar-refractivity contribution in [1.29, 1.82) is 0 Å². The summed E-state index contributed by atoms with van der Waals surface area (Å²) >= 11 is 0. The molecule has 1 saturated carbocycles. The van der Waals surface area contributed by atoms with Gasteiger partial charge < -0.3 is 9.64 Å². The van der Waals surface area contributed by atoms with E-state index >= 15 is 0 Å². The number of carbonyl (C=O) groups is 1. The van der Waals surface area contributed by atoms with Crippen molar-refractivity contribution in [2.24, 2.45) is 5.92 Å². The highest BCUT2D eigenvalue weighted by molar-refractivity contribution is 5.76. The van der Waals surface area contributed by atoms with E-state index in [0.717, 1.165) is 37.4 Å². The molecule has 154 valence electrons. The highest BCUT2D eigenvalue weighted by Gasteiger charge is 2.25. The summed E-state index contributed by atoms with van der Waals surface area (Å²) in [6, 6.07) is 14.7. The molecule has 2 aliphatic rings. The highest BCUT2D eigenvalue weighted by atomic mass is 16.5. The average Bonchev–Trinajstić information content (AvgIpc) is 3.20. The normalized spacial score (nSPS) is 17.3. The van der Waals surface area contributed by atoms with E-state index in [0.29, 0.717) is 11.8 Å². The van der Waals surface area contributed by atoms with Gasteiger partial charge in [0.15, 0.2) is 0 Å². The maximum Gasteiger partial charge on any atom is 0.223 e. The quantitative estimate of drug-likeness (QED) is 0.617. The summed E-state index contributed by atoms with van der Waals surface area (Å²) in [4.78, 5) is 14.7. The third-order valence-corrected chi connectivity index (χ3v) is 6.44. The second-order valence-corrected chi connectivity index (χ2v) is 9.73. The monoisotopic (exact) mass is 391 g/mol. The Balaban J connectivity index is 1.39. The fourth-order valence-corrected chi connectivity index (χ4v) is 4.56. The molecule has 1 heterocycles. The number of rotatable bonds is 4. The Morgan fingerprint density at radius 1 is 1.00 bits per heavy atom. The van der Waals surface area contributed by atoms with Gasteiger partial charge in [-0.3, -0.25) is 4.79 Å². The Labute approximate surface area is 175 Å². The van der Waals surface area contributed by atoms with Crippen LogP contribution in [0.25, 0.3) is 0 Å². The van der Waals surface area contributed by atoms with Crippen LogP contribution in [0.4, 0.5) is 0 Å². The van der Waals surface area contributed by atoms with Crippen LogP contribution in [0.5, 0.6) is 11.5 Å². The molecule has 2 aromatic rings. The third-order valence-electron chi connectivity index (χ3n) is 6.44. The first-order chi connectivity index (χ1) is 13.9. The van der Waals surface area contributed by atoms with Gasteiger partial charge in [0.25, 0.3) is 0 Å². The van der Waals surface area contributed by atoms with Crippen molar-refractivity contribution in [1.82, 2.24) is 4.90 Å². The van der Waals surface area contributed by atoms with Crippen molar-refractivity contribution in [2.45, 2.75) is 71.3 Å². The van der Waals surface area contributed by atoms with Crippen LogP contribution in [0, 0.1) is 5.92 Å². The molecule has 3 heteroatoms. The van der Waals surface area contributed by atoms with Crippen molar-refractivity contribution >= 4 is 5.91 Å². The number of hydrogen-bond acceptors (Lipinski definition) is 2. The Bertz CT molecular complexity index is 857. The molecule has 0 unspecified atom stereocenters. The van der Waals surface area contributed by atoms with Gasteiger partial charge in [-0.25, -0.2) is 0 Å². The summed E-state index contributed by atoms with van der Waals surface area (Å²) in [7, 11) is 0. The fourth-order valence-electron chi connectivity index (χ4n) is 4.56. The van der Waals surface area contributed by atoms with Gasteiger partial charge in [-0.05, 0) is 71.6 Å². The average molecular weight is 392 g/mol. The minimum absolute atomic E-state index is 0.144. The molecule has 0 N–H and O–H groups in total. The molecule has 4 rings (SSSR count). The standard InChI is InChI=1S/C26H33NO2/c1-26(2,3)22-9-12-23(13-10-22)29-24-11-8-21-18-27(15-14-20(21)17-24)25(28)16-19-6-4-5-7-19/h8-13,17,19H,4-7,14-16,18H2,1-3H3. The Morgan fingerprint density at radius 2 is 1.69 bits per heavy atom. The van der Waals surface area contributed by atoms with Crippen molar-refractivity contribution < 1.29 is 9.53 Å². The summed E-state index contributed by atoms with van der Waals surface area (Å²) in [5.41, 5.74) is 4.01. The summed E-state index contributed by atoms with van der Waals surface area (Å²) in [6.07, 6.45) is 6.69. The van der Waals surface area contributed by atoms with E-state index in [9.17, 15) is 4.79 Å². The molecular formula is C26H33NO2. The molecule has 0 aromatic heterocycles. The van der Waals surface area contributed by atoms with Gasteiger partial charge in [0, 0.05) is 19.5 Å². The number of nitrogens with zero attached hydrogens (tertiary/aromatic N) is 1. The van der Waals surface area contributed by atoms with E-state index in [1.54, 1.807) is 0 Å². The number of benzene rings is 2. The van der Waals surface area contributed by atoms with Crippen LogP contribution < -0.4 is 4.74 Å². The van der Waals surface area contributed by atoms with Gasteiger partial charge in [-0.15, -0.1) is 0 Å². The summed E-state index contributed by atoms with van der Waals surface area (Å²) < 4.78 is 6.09. The minimum atomic E-state index is 0.144. The first-order valence-electron chi connectivity index (χ1n) is 11.1. The highest BCUT2D eigenvalue weighted by Crippen LogP contribution is 2.31. The lowest BCUT2D eigenvalue weighted by Crippen LogP contribution is -2.36. The summed E-state index contributed by atoms with van der Waals surface area (Å²) in [5.74, 6) is 2.69. The van der Waals surface area contributed by atoms with E-state index in [2.05, 4.69) is 45.0 Å². The van der Waals surface area contributed by atoms with E-state index in [-0.39, 0.29) is 5.41 Å². The van der Waals surface area contributed by atoms with E-state index < -0.39 is 0 Å². The van der Waals surface area contributed by atoms with Crippen molar-refractivity contribution in [3.8, 4) is 11.5 Å². The van der Waals surface area contributed by atoms with Crippen LogP contribution in [0.3, 0.4) is 0 Å². The van der Waals surface area contributed by atoms with Gasteiger partial charge >= 0.3 is 0 Å². The van der Waals surface area contributed by atoms with Crippen LogP contribution in [-0.4, -0.2) is 17.4 Å². The molecule has 0 radical (unpaired) electrons. The molecule has 2 aromatic carbocycles. The SMILES string of the molecule is CC(C)(C)c1ccc(Oc2ccc3c(c2)CCN(C(=O)CC2CCCC2)C3)cc1. The lowest BCUT2D eigenvalue weighted by molar-refractivity contribution is -0.133. The molecule has 0 bridgehead atoms. The van der Waals surface area contributed by atoms with Gasteiger partial charge in [0.2, 0.25) is 5.91 Å². The molecule has 0 spiro atoms. The van der Waals surface area contributed by atoms with E-state index in [4.69, 9.17) is 4.74 Å². The molecule has 1 amide bonds. The molecule has 1 aliphatic carbocycles. The number of ether oxygens (including phenoxy) is 1. The topological polar surface area (TPSA) is 29.5 Å². The van der Waals surface area contributed by atoms with Gasteiger partial charge in [0.05, 0.1) is 0 Å². The number of fused-ring (bicyclic) bond motifs is 1. The van der Waals surface area contributed by atoms with Crippen molar-refractivity contribution in [3.63, 3.8) is 0 Å². The van der Waals surface area contributed by atoms with Crippen LogP contribution in [0.2, 0.25) is 0 Å². The predicted octanol–water partition coefficient (Wildman–Crippen LogP) is 6.24.